The predicted octanol–water partition coefficient (Wildman–Crippen LogP) is 4.69. The van der Waals surface area contributed by atoms with Crippen molar-refractivity contribution in [3.8, 4) is 6.07 Å². The van der Waals surface area contributed by atoms with Crippen LogP contribution in [-0.4, -0.2) is 15.9 Å². The number of benzene rings is 1. The van der Waals surface area contributed by atoms with Crippen LogP contribution in [0.1, 0.15) is 22.6 Å². The van der Waals surface area contributed by atoms with Gasteiger partial charge in [-0.3, -0.25) is 4.79 Å². The fourth-order valence-corrected chi connectivity index (χ4v) is 3.14. The highest BCUT2D eigenvalue weighted by atomic mass is 32.2. The second kappa shape index (κ2) is 8.55. The molecule has 2 heterocycles. The lowest BCUT2D eigenvalue weighted by Gasteiger charge is -2.08. The summed E-state index contributed by atoms with van der Waals surface area (Å²) in [5, 5.41) is 13.3. The summed E-state index contributed by atoms with van der Waals surface area (Å²) in [4.78, 5) is 21.0. The highest BCUT2D eigenvalue weighted by molar-refractivity contribution is 7.99. The van der Waals surface area contributed by atoms with Gasteiger partial charge in [0.05, 0.1) is 0 Å². The van der Waals surface area contributed by atoms with Crippen LogP contribution in [0, 0.1) is 32.1 Å². The molecule has 3 aromatic rings. The molecular weight excluding hydrogens is 372 g/mol. The predicted molar refractivity (Wildman–Crippen MR) is 108 cm³/mol. The molecule has 0 atom stereocenters. The summed E-state index contributed by atoms with van der Waals surface area (Å²) in [6.45, 7) is 5.72. The van der Waals surface area contributed by atoms with Gasteiger partial charge in [0, 0.05) is 23.7 Å². The molecule has 7 heteroatoms. The van der Waals surface area contributed by atoms with Crippen molar-refractivity contribution < 1.29 is 9.21 Å². The molecule has 1 N–H and O–H groups in total. The molecule has 3 rings (SSSR count). The minimum Gasteiger partial charge on any atom is -0.450 e. The van der Waals surface area contributed by atoms with E-state index in [1.165, 1.54) is 17.8 Å². The van der Waals surface area contributed by atoms with Gasteiger partial charge in [0.2, 0.25) is 0 Å². The van der Waals surface area contributed by atoms with E-state index in [-0.39, 0.29) is 5.57 Å². The molecule has 0 saturated carbocycles. The molecule has 0 aliphatic heterocycles. The second-order valence-electron chi connectivity index (χ2n) is 6.18. The van der Waals surface area contributed by atoms with Crippen molar-refractivity contribution in [1.29, 1.82) is 5.26 Å². The number of carbonyl (C=O) groups excluding carboxylic acids is 1. The molecule has 6 nitrogen and oxygen atoms in total. The van der Waals surface area contributed by atoms with Crippen LogP contribution < -0.4 is 5.32 Å². The van der Waals surface area contributed by atoms with Gasteiger partial charge in [0.25, 0.3) is 5.91 Å². The van der Waals surface area contributed by atoms with Crippen molar-refractivity contribution in [2.24, 2.45) is 0 Å². The van der Waals surface area contributed by atoms with Gasteiger partial charge in [0.15, 0.2) is 10.2 Å². The lowest BCUT2D eigenvalue weighted by molar-refractivity contribution is -0.112. The van der Waals surface area contributed by atoms with Gasteiger partial charge in [-0.15, -0.1) is 0 Å². The van der Waals surface area contributed by atoms with E-state index >= 15 is 0 Å². The molecule has 1 aromatic carbocycles. The molecule has 0 fully saturated rings. The van der Waals surface area contributed by atoms with Crippen LogP contribution in [0.5, 0.6) is 0 Å². The first kappa shape index (κ1) is 19.4. The first-order valence-electron chi connectivity index (χ1n) is 8.52. The number of hydrogen-bond donors (Lipinski definition) is 1. The van der Waals surface area contributed by atoms with E-state index in [0.717, 1.165) is 16.8 Å². The number of aryl methyl sites for hydroxylation is 3. The fraction of sp³-hybridized carbons (Fsp3) is 0.143. The van der Waals surface area contributed by atoms with E-state index in [1.54, 1.807) is 18.3 Å². The molecule has 0 aliphatic rings. The first-order chi connectivity index (χ1) is 13.4. The number of aromatic nitrogens is 2. The maximum absolute atomic E-state index is 12.5. The van der Waals surface area contributed by atoms with Crippen molar-refractivity contribution in [3.05, 3.63) is 70.7 Å². The highest BCUT2D eigenvalue weighted by Gasteiger charge is 2.13. The Labute approximate surface area is 167 Å². The van der Waals surface area contributed by atoms with Crippen molar-refractivity contribution in [2.75, 3.05) is 5.32 Å². The molecule has 0 aliphatic carbocycles. The molecule has 0 saturated heterocycles. The highest BCUT2D eigenvalue weighted by Crippen LogP contribution is 2.27. The third-order valence-corrected chi connectivity index (χ3v) is 4.66. The lowest BCUT2D eigenvalue weighted by atomic mass is 10.1. The molecule has 0 radical (unpaired) electrons. The maximum Gasteiger partial charge on any atom is 0.266 e. The Balaban J connectivity index is 1.75. The van der Waals surface area contributed by atoms with Crippen LogP contribution in [0.25, 0.3) is 6.08 Å². The van der Waals surface area contributed by atoms with Gasteiger partial charge in [0.1, 0.15) is 17.4 Å². The van der Waals surface area contributed by atoms with Gasteiger partial charge in [-0.1, -0.05) is 12.1 Å². The van der Waals surface area contributed by atoms with E-state index in [1.807, 2.05) is 51.1 Å². The SMILES string of the molecule is Cc1ccc(C)c(NC(=O)/C(C#N)=C/c2ccc(Sc3nccc(C)n3)o2)c1. The Morgan fingerprint density at radius 1 is 1.21 bits per heavy atom. The smallest absolute Gasteiger partial charge is 0.266 e. The van der Waals surface area contributed by atoms with Gasteiger partial charge >= 0.3 is 0 Å². The average Bonchev–Trinajstić information content (AvgIpc) is 3.09. The van der Waals surface area contributed by atoms with Crippen LogP contribution in [0.4, 0.5) is 5.69 Å². The van der Waals surface area contributed by atoms with E-state index < -0.39 is 5.91 Å². The lowest BCUT2D eigenvalue weighted by Crippen LogP contribution is -2.14. The van der Waals surface area contributed by atoms with Crippen LogP contribution in [0.3, 0.4) is 0 Å². The molecule has 28 heavy (non-hydrogen) atoms. The van der Waals surface area contributed by atoms with Crippen LogP contribution in [-0.2, 0) is 4.79 Å². The summed E-state index contributed by atoms with van der Waals surface area (Å²) < 4.78 is 5.68. The van der Waals surface area contributed by atoms with Crippen LogP contribution in [0.15, 0.2) is 62.8 Å². The number of nitrogens with one attached hydrogen (secondary N) is 1. The summed E-state index contributed by atoms with van der Waals surface area (Å²) in [5.74, 6) is -0.0772. The Kier molecular flexibility index (Phi) is 5.92. The number of amides is 1. The minimum absolute atomic E-state index is 0.0430. The Hall–Kier alpha value is -3.37. The molecule has 1 amide bonds. The molecule has 0 spiro atoms. The largest absolute Gasteiger partial charge is 0.450 e. The first-order valence-corrected chi connectivity index (χ1v) is 9.34. The Bertz CT molecular complexity index is 1100. The summed E-state index contributed by atoms with van der Waals surface area (Å²) in [5.41, 5.74) is 3.44. The average molecular weight is 390 g/mol. The van der Waals surface area contributed by atoms with Gasteiger partial charge < -0.3 is 9.73 Å². The van der Waals surface area contributed by atoms with E-state index in [0.29, 0.717) is 21.7 Å². The van der Waals surface area contributed by atoms with E-state index in [9.17, 15) is 10.1 Å². The molecule has 0 bridgehead atoms. The number of anilines is 1. The van der Waals surface area contributed by atoms with Crippen LogP contribution in [0.2, 0.25) is 0 Å². The zero-order valence-corrected chi connectivity index (χ0v) is 16.5. The van der Waals surface area contributed by atoms with Crippen molar-refractivity contribution in [3.63, 3.8) is 0 Å². The Morgan fingerprint density at radius 2 is 2.04 bits per heavy atom. The number of hydrogen-bond acceptors (Lipinski definition) is 6. The normalized spacial score (nSPS) is 11.1. The third kappa shape index (κ3) is 4.87. The second-order valence-corrected chi connectivity index (χ2v) is 7.15. The van der Waals surface area contributed by atoms with Crippen molar-refractivity contribution >= 4 is 29.4 Å². The topological polar surface area (TPSA) is 91.8 Å². The minimum atomic E-state index is -0.483. The van der Waals surface area contributed by atoms with Crippen molar-refractivity contribution in [1.82, 2.24) is 9.97 Å². The molecule has 140 valence electrons. The molecule has 2 aromatic heterocycles. The van der Waals surface area contributed by atoms with E-state index in [4.69, 9.17) is 4.42 Å². The van der Waals surface area contributed by atoms with E-state index in [2.05, 4.69) is 15.3 Å². The summed E-state index contributed by atoms with van der Waals surface area (Å²) in [6, 6.07) is 12.9. The van der Waals surface area contributed by atoms with Gasteiger partial charge in [-0.25, -0.2) is 9.97 Å². The zero-order chi connectivity index (χ0) is 20.1. The summed E-state index contributed by atoms with van der Waals surface area (Å²) in [6.07, 6.45) is 3.10. The quantitative estimate of drug-likeness (QED) is 0.386. The standard InChI is InChI=1S/C21H18N4O2S/c1-13-4-5-14(2)18(10-13)25-20(26)16(12-22)11-17-6-7-19(27-17)28-21-23-9-8-15(3)24-21/h4-11H,1-3H3,(H,25,26)/b16-11+. The summed E-state index contributed by atoms with van der Waals surface area (Å²) in [7, 11) is 0. The number of furan rings is 1. The Morgan fingerprint density at radius 3 is 2.79 bits per heavy atom. The monoisotopic (exact) mass is 390 g/mol. The molecule has 0 unspecified atom stereocenters. The molecular formula is C21H18N4O2S. The zero-order valence-electron chi connectivity index (χ0n) is 15.7. The van der Waals surface area contributed by atoms with Gasteiger partial charge in [-0.2, -0.15) is 5.26 Å². The number of rotatable bonds is 5. The van der Waals surface area contributed by atoms with Crippen molar-refractivity contribution in [2.45, 2.75) is 31.0 Å². The maximum atomic E-state index is 12.5. The number of nitriles is 1. The fourth-order valence-electron chi connectivity index (χ4n) is 2.38. The summed E-state index contributed by atoms with van der Waals surface area (Å²) >= 11 is 1.27. The number of carbonyl (C=O) groups is 1. The van der Waals surface area contributed by atoms with Crippen LogP contribution >= 0.6 is 11.8 Å². The third-order valence-electron chi connectivity index (χ3n) is 3.86. The van der Waals surface area contributed by atoms with Gasteiger partial charge in [-0.05, 0) is 67.9 Å². The number of nitrogens with zero attached hydrogens (tertiary/aromatic N) is 3.